The van der Waals surface area contributed by atoms with E-state index < -0.39 is 6.04 Å². The number of unbranched alkanes of at least 4 members (excludes halogenated alkanes) is 4. The highest BCUT2D eigenvalue weighted by Crippen LogP contribution is 2.34. The highest BCUT2D eigenvalue weighted by atomic mass is 32.2. The number of aldehydes is 2. The van der Waals surface area contributed by atoms with Gasteiger partial charge in [0, 0.05) is 42.7 Å². The number of nitrogens with zero attached hydrogens (tertiary/aromatic N) is 2. The van der Waals surface area contributed by atoms with Crippen LogP contribution in [0, 0.1) is 0 Å². The van der Waals surface area contributed by atoms with Crippen LogP contribution in [0.25, 0.3) is 0 Å². The third kappa shape index (κ3) is 6.94. The van der Waals surface area contributed by atoms with Gasteiger partial charge >= 0.3 is 0 Å². The van der Waals surface area contributed by atoms with Gasteiger partial charge in [0.25, 0.3) is 5.91 Å². The Labute approximate surface area is 201 Å². The number of amides is 1. The van der Waals surface area contributed by atoms with Gasteiger partial charge in [0.2, 0.25) is 0 Å². The maximum atomic E-state index is 12.8. The molecule has 0 N–H and O–H groups in total. The summed E-state index contributed by atoms with van der Waals surface area (Å²) in [5, 5.41) is 0. The maximum Gasteiger partial charge on any atom is 0.255 e. The fourth-order valence-corrected chi connectivity index (χ4v) is 5.33. The van der Waals surface area contributed by atoms with E-state index in [2.05, 4.69) is 42.3 Å². The molecule has 1 aliphatic rings. The second-order valence-corrected chi connectivity index (χ2v) is 9.67. The third-order valence-corrected chi connectivity index (χ3v) is 7.37. The van der Waals surface area contributed by atoms with Crippen molar-refractivity contribution < 1.29 is 14.4 Å². The van der Waals surface area contributed by atoms with Crippen LogP contribution in [0.4, 0.5) is 5.69 Å². The molecule has 5 nitrogen and oxygen atoms in total. The second kappa shape index (κ2) is 13.2. The lowest BCUT2D eigenvalue weighted by atomic mass is 10.1. The van der Waals surface area contributed by atoms with Gasteiger partial charge in [-0.05, 0) is 54.8 Å². The standard InChI is InChI=1S/C27H34N2O3S/c1-28(22-12-6-5-7-13-22)17-8-3-2-4-9-19-33-26-16-10-15-24-25(26)20-29(27(24)32)23(21-31)14-11-18-30/h5-7,10,12-13,15-16,18,21,23H,2-4,8-9,11,14,17,19-20H2,1H3. The lowest BCUT2D eigenvalue weighted by Crippen LogP contribution is -2.36. The molecular formula is C27H34N2O3S. The van der Waals surface area contributed by atoms with E-state index in [1.807, 2.05) is 18.2 Å². The lowest BCUT2D eigenvalue weighted by molar-refractivity contribution is -0.112. The van der Waals surface area contributed by atoms with Crippen LogP contribution in [0.15, 0.2) is 53.4 Å². The molecule has 0 spiro atoms. The first-order valence-corrected chi connectivity index (χ1v) is 12.8. The van der Waals surface area contributed by atoms with Gasteiger partial charge in [-0.2, -0.15) is 0 Å². The van der Waals surface area contributed by atoms with Crippen molar-refractivity contribution in [3.63, 3.8) is 0 Å². The average Bonchev–Trinajstić information content (AvgIpc) is 3.18. The molecule has 1 unspecified atom stereocenters. The summed E-state index contributed by atoms with van der Waals surface area (Å²) >= 11 is 1.80. The molecule has 0 radical (unpaired) electrons. The SMILES string of the molecule is CN(CCCCCCCSc1cccc2c1CN(C(C=O)CCC=O)C2=O)c1ccccc1. The number of rotatable bonds is 15. The number of hydrogen-bond acceptors (Lipinski definition) is 5. The Kier molecular flexibility index (Phi) is 10.0. The number of fused-ring (bicyclic) bond motifs is 1. The quantitative estimate of drug-likeness (QED) is 0.201. The number of anilines is 1. The van der Waals surface area contributed by atoms with Gasteiger partial charge in [-0.3, -0.25) is 4.79 Å². The molecule has 0 saturated heterocycles. The van der Waals surface area contributed by atoms with Crippen LogP contribution in [-0.2, 0) is 16.1 Å². The fourth-order valence-electron chi connectivity index (χ4n) is 4.24. The van der Waals surface area contributed by atoms with Crippen LogP contribution in [0.3, 0.4) is 0 Å². The first kappa shape index (κ1) is 25.0. The zero-order chi connectivity index (χ0) is 23.5. The molecule has 2 aromatic carbocycles. The van der Waals surface area contributed by atoms with Crippen LogP contribution >= 0.6 is 11.8 Å². The van der Waals surface area contributed by atoms with E-state index >= 15 is 0 Å². The largest absolute Gasteiger partial charge is 0.375 e. The topological polar surface area (TPSA) is 57.7 Å². The number of benzene rings is 2. The van der Waals surface area contributed by atoms with E-state index in [0.717, 1.165) is 41.7 Å². The molecule has 0 saturated carbocycles. The molecule has 1 atom stereocenters. The van der Waals surface area contributed by atoms with Crippen molar-refractivity contribution in [2.75, 3.05) is 24.2 Å². The highest BCUT2D eigenvalue weighted by Gasteiger charge is 2.33. The van der Waals surface area contributed by atoms with Gasteiger partial charge in [0.05, 0.1) is 6.04 Å². The van der Waals surface area contributed by atoms with Gasteiger partial charge < -0.3 is 19.4 Å². The number of carbonyl (C=O) groups is 3. The highest BCUT2D eigenvalue weighted by molar-refractivity contribution is 7.99. The predicted octanol–water partition coefficient (Wildman–Crippen LogP) is 5.37. The zero-order valence-corrected chi connectivity index (χ0v) is 20.3. The first-order valence-electron chi connectivity index (χ1n) is 11.9. The van der Waals surface area contributed by atoms with E-state index in [4.69, 9.17) is 0 Å². The molecule has 0 aliphatic carbocycles. The van der Waals surface area contributed by atoms with Crippen molar-refractivity contribution in [2.24, 2.45) is 0 Å². The predicted molar refractivity (Wildman–Crippen MR) is 135 cm³/mol. The van der Waals surface area contributed by atoms with Crippen molar-refractivity contribution in [3.8, 4) is 0 Å². The van der Waals surface area contributed by atoms with Gasteiger partial charge in [-0.15, -0.1) is 11.8 Å². The van der Waals surface area contributed by atoms with Gasteiger partial charge in [0.1, 0.15) is 12.6 Å². The van der Waals surface area contributed by atoms with E-state index in [9.17, 15) is 14.4 Å². The van der Waals surface area contributed by atoms with E-state index in [1.165, 1.54) is 31.4 Å². The van der Waals surface area contributed by atoms with Crippen LogP contribution < -0.4 is 4.90 Å². The van der Waals surface area contributed by atoms with Crippen molar-refractivity contribution in [1.29, 1.82) is 0 Å². The van der Waals surface area contributed by atoms with Crippen LogP contribution in [-0.4, -0.2) is 48.8 Å². The number of para-hydroxylation sites is 1. The van der Waals surface area contributed by atoms with Crippen molar-refractivity contribution in [2.45, 2.75) is 62.4 Å². The van der Waals surface area contributed by atoms with E-state index in [0.29, 0.717) is 18.5 Å². The van der Waals surface area contributed by atoms with Crippen molar-refractivity contribution in [1.82, 2.24) is 4.90 Å². The Morgan fingerprint density at radius 2 is 1.76 bits per heavy atom. The van der Waals surface area contributed by atoms with Crippen LogP contribution in [0.1, 0.15) is 60.9 Å². The van der Waals surface area contributed by atoms with Gasteiger partial charge in [-0.1, -0.05) is 43.5 Å². The molecular weight excluding hydrogens is 432 g/mol. The van der Waals surface area contributed by atoms with Gasteiger partial charge in [-0.25, -0.2) is 0 Å². The smallest absolute Gasteiger partial charge is 0.255 e. The van der Waals surface area contributed by atoms with E-state index in [-0.39, 0.29) is 12.3 Å². The minimum atomic E-state index is -0.533. The molecule has 1 amide bonds. The van der Waals surface area contributed by atoms with Crippen molar-refractivity contribution in [3.05, 3.63) is 59.7 Å². The molecule has 0 bridgehead atoms. The summed E-state index contributed by atoms with van der Waals surface area (Å²) in [6.45, 7) is 1.53. The number of hydrogen-bond donors (Lipinski definition) is 0. The average molecular weight is 467 g/mol. The van der Waals surface area contributed by atoms with E-state index in [1.54, 1.807) is 16.7 Å². The fraction of sp³-hybridized carbons (Fsp3) is 0.444. The molecule has 3 rings (SSSR count). The Morgan fingerprint density at radius 1 is 1.00 bits per heavy atom. The molecule has 176 valence electrons. The Hall–Kier alpha value is -2.60. The first-order chi connectivity index (χ1) is 16.2. The molecule has 33 heavy (non-hydrogen) atoms. The normalized spacial score (nSPS) is 13.6. The minimum absolute atomic E-state index is 0.101. The summed E-state index contributed by atoms with van der Waals surface area (Å²) in [5.74, 6) is 0.924. The number of carbonyl (C=O) groups excluding carboxylic acids is 3. The monoisotopic (exact) mass is 466 g/mol. The van der Waals surface area contributed by atoms with Crippen LogP contribution in [0.5, 0.6) is 0 Å². The Balaban J connectivity index is 1.38. The van der Waals surface area contributed by atoms with Crippen molar-refractivity contribution >= 4 is 35.9 Å². The number of thioether (sulfide) groups is 1. The molecule has 6 heteroatoms. The summed E-state index contributed by atoms with van der Waals surface area (Å²) in [4.78, 5) is 40.0. The maximum absolute atomic E-state index is 12.8. The second-order valence-electron chi connectivity index (χ2n) is 8.54. The molecule has 0 fully saturated rings. The summed E-state index contributed by atoms with van der Waals surface area (Å²) in [7, 11) is 2.15. The molecule has 1 heterocycles. The van der Waals surface area contributed by atoms with Crippen LogP contribution in [0.2, 0.25) is 0 Å². The Morgan fingerprint density at radius 3 is 2.52 bits per heavy atom. The Bertz CT molecular complexity index is 919. The summed E-state index contributed by atoms with van der Waals surface area (Å²) in [6, 6.07) is 15.8. The summed E-state index contributed by atoms with van der Waals surface area (Å²) in [6.07, 6.45) is 8.29. The molecule has 2 aromatic rings. The molecule has 1 aliphatic heterocycles. The zero-order valence-electron chi connectivity index (χ0n) is 19.4. The summed E-state index contributed by atoms with van der Waals surface area (Å²) in [5.41, 5.74) is 2.99. The summed E-state index contributed by atoms with van der Waals surface area (Å²) < 4.78 is 0. The lowest BCUT2D eigenvalue weighted by Gasteiger charge is -2.22. The minimum Gasteiger partial charge on any atom is -0.375 e. The van der Waals surface area contributed by atoms with Gasteiger partial charge in [0.15, 0.2) is 0 Å². The molecule has 0 aromatic heterocycles. The third-order valence-electron chi connectivity index (χ3n) is 6.18.